The Labute approximate surface area is 137 Å². The van der Waals surface area contributed by atoms with Gasteiger partial charge in [-0.15, -0.1) is 0 Å². The molecule has 0 aliphatic rings. The number of hydrogen-bond donors (Lipinski definition) is 2. The normalized spacial score (nSPS) is 10.1. The first-order valence-electron chi connectivity index (χ1n) is 6.78. The number of hydrogen-bond acceptors (Lipinski definition) is 4. The van der Waals surface area contributed by atoms with Crippen molar-refractivity contribution in [1.82, 2.24) is 15.0 Å². The van der Waals surface area contributed by atoms with Gasteiger partial charge in [-0.25, -0.2) is 14.8 Å². The van der Waals surface area contributed by atoms with Crippen molar-refractivity contribution in [3.8, 4) is 11.3 Å². The molecule has 2 N–H and O–H groups in total. The molecule has 3 rings (SSSR count). The Morgan fingerprint density at radius 1 is 1.00 bits per heavy atom. The molecule has 0 atom stereocenters. The molecule has 1 aromatic carbocycles. The first-order valence-corrected chi connectivity index (χ1v) is 7.15. The summed E-state index contributed by atoms with van der Waals surface area (Å²) in [7, 11) is 0. The standard InChI is InChI=1S/C16H12ClN5O/c17-12-3-5-13(6-4-12)20-16(23)22-15-19-9-7-14(21-15)11-2-1-8-18-10-11/h1-10H,(H2,19,20,21,22,23). The zero-order chi connectivity index (χ0) is 16.1. The van der Waals surface area contributed by atoms with Crippen molar-refractivity contribution < 1.29 is 4.79 Å². The lowest BCUT2D eigenvalue weighted by molar-refractivity contribution is 0.262. The van der Waals surface area contributed by atoms with E-state index in [2.05, 4.69) is 25.6 Å². The molecule has 2 heterocycles. The average Bonchev–Trinajstić information content (AvgIpc) is 2.58. The fraction of sp³-hybridized carbons (Fsp3) is 0. The van der Waals surface area contributed by atoms with Gasteiger partial charge >= 0.3 is 6.03 Å². The van der Waals surface area contributed by atoms with Gasteiger partial charge in [-0.05, 0) is 42.5 Å². The second-order valence-electron chi connectivity index (χ2n) is 4.59. The molecule has 0 saturated carbocycles. The van der Waals surface area contributed by atoms with Crippen LogP contribution in [0.3, 0.4) is 0 Å². The third-order valence-electron chi connectivity index (χ3n) is 2.94. The summed E-state index contributed by atoms with van der Waals surface area (Å²) < 4.78 is 0. The summed E-state index contributed by atoms with van der Waals surface area (Å²) in [5.74, 6) is 0.206. The van der Waals surface area contributed by atoms with Gasteiger partial charge in [-0.3, -0.25) is 10.3 Å². The number of nitrogens with one attached hydrogen (secondary N) is 2. The van der Waals surface area contributed by atoms with Crippen molar-refractivity contribution in [2.24, 2.45) is 0 Å². The zero-order valence-electron chi connectivity index (χ0n) is 11.9. The van der Waals surface area contributed by atoms with Gasteiger partial charge in [-0.1, -0.05) is 11.6 Å². The summed E-state index contributed by atoms with van der Waals surface area (Å²) in [5.41, 5.74) is 2.14. The van der Waals surface area contributed by atoms with E-state index in [4.69, 9.17) is 11.6 Å². The monoisotopic (exact) mass is 325 g/mol. The van der Waals surface area contributed by atoms with Crippen LogP contribution in [0.15, 0.2) is 61.1 Å². The van der Waals surface area contributed by atoms with Crippen LogP contribution in [-0.2, 0) is 0 Å². The molecule has 0 saturated heterocycles. The first-order chi connectivity index (χ1) is 11.2. The Bertz CT molecular complexity index is 808. The number of aromatic nitrogens is 3. The maximum Gasteiger partial charge on any atom is 0.326 e. The molecular formula is C16H12ClN5O. The van der Waals surface area contributed by atoms with Crippen molar-refractivity contribution in [3.63, 3.8) is 0 Å². The second kappa shape index (κ2) is 6.85. The van der Waals surface area contributed by atoms with E-state index in [1.54, 1.807) is 48.9 Å². The summed E-state index contributed by atoms with van der Waals surface area (Å²) in [6, 6.07) is 11.8. The van der Waals surface area contributed by atoms with Gasteiger partial charge in [-0.2, -0.15) is 0 Å². The van der Waals surface area contributed by atoms with Crippen molar-refractivity contribution in [2.75, 3.05) is 10.6 Å². The van der Waals surface area contributed by atoms with Crippen LogP contribution >= 0.6 is 11.6 Å². The summed E-state index contributed by atoms with van der Waals surface area (Å²) in [6.45, 7) is 0. The zero-order valence-corrected chi connectivity index (χ0v) is 12.7. The van der Waals surface area contributed by atoms with E-state index in [1.807, 2.05) is 12.1 Å². The maximum atomic E-state index is 12.0. The number of benzene rings is 1. The van der Waals surface area contributed by atoms with Crippen LogP contribution in [0.2, 0.25) is 5.02 Å². The predicted octanol–water partition coefficient (Wildman–Crippen LogP) is 3.84. The second-order valence-corrected chi connectivity index (χ2v) is 5.03. The molecule has 0 bridgehead atoms. The minimum Gasteiger partial charge on any atom is -0.308 e. The highest BCUT2D eigenvalue weighted by Crippen LogP contribution is 2.16. The van der Waals surface area contributed by atoms with E-state index in [0.717, 1.165) is 5.56 Å². The van der Waals surface area contributed by atoms with Gasteiger partial charge in [0.1, 0.15) is 0 Å². The van der Waals surface area contributed by atoms with Gasteiger partial charge < -0.3 is 5.32 Å². The van der Waals surface area contributed by atoms with Crippen LogP contribution in [0.5, 0.6) is 0 Å². The summed E-state index contributed by atoms with van der Waals surface area (Å²) >= 11 is 5.80. The van der Waals surface area contributed by atoms with Crippen molar-refractivity contribution in [3.05, 3.63) is 66.1 Å². The molecule has 0 spiro atoms. The lowest BCUT2D eigenvalue weighted by Gasteiger charge is -2.07. The minimum atomic E-state index is -0.435. The van der Waals surface area contributed by atoms with Gasteiger partial charge in [0.15, 0.2) is 0 Å². The van der Waals surface area contributed by atoms with Crippen LogP contribution < -0.4 is 10.6 Å². The third-order valence-corrected chi connectivity index (χ3v) is 3.19. The number of anilines is 2. The summed E-state index contributed by atoms with van der Waals surface area (Å²) in [6.07, 6.45) is 4.95. The molecule has 6 nitrogen and oxygen atoms in total. The molecule has 0 unspecified atom stereocenters. The van der Waals surface area contributed by atoms with Crippen LogP contribution in [0.25, 0.3) is 11.3 Å². The largest absolute Gasteiger partial charge is 0.326 e. The molecule has 7 heteroatoms. The van der Waals surface area contributed by atoms with Gasteiger partial charge in [0.05, 0.1) is 5.69 Å². The van der Waals surface area contributed by atoms with Crippen molar-refractivity contribution in [2.45, 2.75) is 0 Å². The molecule has 3 aromatic rings. The number of carbonyl (C=O) groups is 1. The van der Waals surface area contributed by atoms with E-state index < -0.39 is 6.03 Å². The van der Waals surface area contributed by atoms with Gasteiger partial charge in [0.2, 0.25) is 5.95 Å². The Balaban J connectivity index is 1.70. The molecule has 0 aliphatic carbocycles. The topological polar surface area (TPSA) is 79.8 Å². The highest BCUT2D eigenvalue weighted by Gasteiger charge is 2.07. The molecule has 0 fully saturated rings. The highest BCUT2D eigenvalue weighted by molar-refractivity contribution is 6.30. The Morgan fingerprint density at radius 2 is 1.83 bits per heavy atom. The average molecular weight is 326 g/mol. The first kappa shape index (κ1) is 14.9. The Morgan fingerprint density at radius 3 is 2.57 bits per heavy atom. The van der Waals surface area contributed by atoms with E-state index in [0.29, 0.717) is 16.4 Å². The summed E-state index contributed by atoms with van der Waals surface area (Å²) in [5, 5.41) is 5.87. The van der Waals surface area contributed by atoms with E-state index in [1.165, 1.54) is 0 Å². The fourth-order valence-electron chi connectivity index (χ4n) is 1.89. The quantitative estimate of drug-likeness (QED) is 0.766. The number of rotatable bonds is 3. The molecule has 2 amide bonds. The van der Waals surface area contributed by atoms with Crippen LogP contribution in [0, 0.1) is 0 Å². The van der Waals surface area contributed by atoms with Gasteiger partial charge in [0.25, 0.3) is 0 Å². The molecule has 0 aliphatic heterocycles. The molecular weight excluding hydrogens is 314 g/mol. The van der Waals surface area contributed by atoms with Crippen LogP contribution in [0.1, 0.15) is 0 Å². The molecule has 0 radical (unpaired) electrons. The van der Waals surface area contributed by atoms with Crippen molar-refractivity contribution in [1.29, 1.82) is 0 Å². The predicted molar refractivity (Wildman–Crippen MR) is 89.4 cm³/mol. The number of carbonyl (C=O) groups excluding carboxylic acids is 1. The number of halogens is 1. The molecule has 23 heavy (non-hydrogen) atoms. The SMILES string of the molecule is O=C(Nc1ccc(Cl)cc1)Nc1nccc(-c2cccnc2)n1. The Kier molecular flexibility index (Phi) is 4.44. The number of nitrogens with zero attached hydrogens (tertiary/aromatic N) is 3. The van der Waals surface area contributed by atoms with Crippen molar-refractivity contribution >= 4 is 29.3 Å². The minimum absolute atomic E-state index is 0.206. The fourth-order valence-corrected chi connectivity index (χ4v) is 2.02. The van der Waals surface area contributed by atoms with Gasteiger partial charge in [0, 0.05) is 34.9 Å². The molecule has 114 valence electrons. The number of urea groups is 1. The van der Waals surface area contributed by atoms with E-state index in [9.17, 15) is 4.79 Å². The van der Waals surface area contributed by atoms with Crippen LogP contribution in [0.4, 0.5) is 16.4 Å². The lowest BCUT2D eigenvalue weighted by Crippen LogP contribution is -2.20. The highest BCUT2D eigenvalue weighted by atomic mass is 35.5. The van der Waals surface area contributed by atoms with E-state index in [-0.39, 0.29) is 5.95 Å². The smallest absolute Gasteiger partial charge is 0.308 e. The lowest BCUT2D eigenvalue weighted by atomic mass is 10.2. The third kappa shape index (κ3) is 4.02. The van der Waals surface area contributed by atoms with E-state index >= 15 is 0 Å². The Hall–Kier alpha value is -2.99. The van der Waals surface area contributed by atoms with Crippen LogP contribution in [-0.4, -0.2) is 21.0 Å². The maximum absolute atomic E-state index is 12.0. The number of amides is 2. The number of pyridine rings is 1. The summed E-state index contributed by atoms with van der Waals surface area (Å²) in [4.78, 5) is 24.3. The molecule has 2 aromatic heterocycles.